The Balaban J connectivity index is 1.61. The van der Waals surface area contributed by atoms with Crippen LogP contribution in [-0.2, 0) is 12.7 Å². The van der Waals surface area contributed by atoms with Gasteiger partial charge in [0.05, 0.1) is 33.8 Å². The van der Waals surface area contributed by atoms with Crippen molar-refractivity contribution in [2.45, 2.75) is 26.6 Å². The molecule has 1 N–H and O–H groups in total. The molecule has 0 aliphatic carbocycles. The second-order valence-corrected chi connectivity index (χ2v) is 8.52. The summed E-state index contributed by atoms with van der Waals surface area (Å²) in [5, 5.41) is 8.59. The summed E-state index contributed by atoms with van der Waals surface area (Å²) in [5.74, 6) is -0.582. The molecule has 0 saturated carbocycles. The number of aromatic nitrogens is 4. The Hall–Kier alpha value is -2.98. The molecule has 31 heavy (non-hydrogen) atoms. The zero-order chi connectivity index (χ0) is 22.3. The number of amides is 1. The molecule has 160 valence electrons. The van der Waals surface area contributed by atoms with Crippen molar-refractivity contribution in [1.82, 2.24) is 19.7 Å². The summed E-state index contributed by atoms with van der Waals surface area (Å²) in [5.41, 5.74) is 0.624. The van der Waals surface area contributed by atoms with Gasteiger partial charge in [0.15, 0.2) is 5.65 Å². The average molecular weight is 466 g/mol. The molecule has 11 heteroatoms. The van der Waals surface area contributed by atoms with E-state index in [2.05, 4.69) is 20.4 Å². The van der Waals surface area contributed by atoms with Gasteiger partial charge in [-0.2, -0.15) is 18.3 Å². The summed E-state index contributed by atoms with van der Waals surface area (Å²) < 4.78 is 39.8. The molecule has 0 radical (unpaired) electrons. The lowest BCUT2D eigenvalue weighted by molar-refractivity contribution is -0.137. The molecule has 0 spiro atoms. The van der Waals surface area contributed by atoms with Crippen LogP contribution in [0.15, 0.2) is 36.7 Å². The SMILES string of the molecule is Cc1cnc(Cn2nc(C)c3c(Cl)c(C(=O)Nc4ccc(C(F)(F)F)cc4)cnc32)s1. The summed E-state index contributed by atoms with van der Waals surface area (Å²) >= 11 is 8.05. The van der Waals surface area contributed by atoms with Gasteiger partial charge < -0.3 is 5.32 Å². The third-order valence-electron chi connectivity index (χ3n) is 4.54. The summed E-state index contributed by atoms with van der Waals surface area (Å²) in [6, 6.07) is 4.15. The number of alkyl halides is 3. The largest absolute Gasteiger partial charge is 0.416 e. The van der Waals surface area contributed by atoms with E-state index in [1.807, 2.05) is 6.92 Å². The van der Waals surface area contributed by atoms with Gasteiger partial charge in [-0.25, -0.2) is 14.6 Å². The van der Waals surface area contributed by atoms with Crippen molar-refractivity contribution in [3.63, 3.8) is 0 Å². The lowest BCUT2D eigenvalue weighted by Crippen LogP contribution is -2.14. The maximum atomic E-state index is 12.7. The average Bonchev–Trinajstić information content (AvgIpc) is 3.25. The fraction of sp³-hybridized carbons (Fsp3) is 0.200. The van der Waals surface area contributed by atoms with Crippen molar-refractivity contribution in [2.75, 3.05) is 5.32 Å². The van der Waals surface area contributed by atoms with Crippen LogP contribution in [0.2, 0.25) is 5.02 Å². The Labute approximate surface area is 183 Å². The molecule has 0 aliphatic heterocycles. The molecule has 0 bridgehead atoms. The van der Waals surface area contributed by atoms with E-state index in [1.54, 1.807) is 29.1 Å². The summed E-state index contributed by atoms with van der Waals surface area (Å²) in [6.45, 7) is 4.14. The molecule has 4 aromatic rings. The van der Waals surface area contributed by atoms with Crippen LogP contribution < -0.4 is 5.32 Å². The number of nitrogens with zero attached hydrogens (tertiary/aromatic N) is 4. The van der Waals surface area contributed by atoms with Gasteiger partial charge in [0.25, 0.3) is 5.91 Å². The van der Waals surface area contributed by atoms with Gasteiger partial charge in [-0.1, -0.05) is 11.6 Å². The third kappa shape index (κ3) is 4.26. The quantitative estimate of drug-likeness (QED) is 0.433. The van der Waals surface area contributed by atoms with Crippen molar-refractivity contribution < 1.29 is 18.0 Å². The highest BCUT2D eigenvalue weighted by atomic mass is 35.5. The molecule has 4 rings (SSSR count). The predicted octanol–water partition coefficient (Wildman–Crippen LogP) is 5.48. The van der Waals surface area contributed by atoms with Gasteiger partial charge in [0.2, 0.25) is 0 Å². The van der Waals surface area contributed by atoms with E-state index in [9.17, 15) is 18.0 Å². The summed E-state index contributed by atoms with van der Waals surface area (Å²) in [7, 11) is 0. The topological polar surface area (TPSA) is 72.7 Å². The second kappa shape index (κ2) is 7.93. The first kappa shape index (κ1) is 21.3. The molecule has 0 atom stereocenters. The Morgan fingerprint density at radius 3 is 2.48 bits per heavy atom. The highest BCUT2D eigenvalue weighted by Crippen LogP contribution is 2.31. The second-order valence-electron chi connectivity index (χ2n) is 6.82. The third-order valence-corrected chi connectivity index (χ3v) is 5.83. The molecule has 0 aliphatic rings. The lowest BCUT2D eigenvalue weighted by Gasteiger charge is -2.10. The number of benzene rings is 1. The molecular formula is C20H15ClF3N5OS. The van der Waals surface area contributed by atoms with Crippen molar-refractivity contribution in [1.29, 1.82) is 0 Å². The smallest absolute Gasteiger partial charge is 0.322 e. The lowest BCUT2D eigenvalue weighted by atomic mass is 10.1. The fourth-order valence-corrected chi connectivity index (χ4v) is 4.21. The maximum absolute atomic E-state index is 12.7. The first-order valence-corrected chi connectivity index (χ1v) is 10.2. The summed E-state index contributed by atoms with van der Waals surface area (Å²) in [6.07, 6.45) is -1.34. The van der Waals surface area contributed by atoms with Gasteiger partial charge in [0.1, 0.15) is 5.01 Å². The zero-order valence-corrected chi connectivity index (χ0v) is 17.9. The Morgan fingerprint density at radius 2 is 1.87 bits per heavy atom. The van der Waals surface area contributed by atoms with E-state index >= 15 is 0 Å². The molecule has 3 aromatic heterocycles. The van der Waals surface area contributed by atoms with E-state index in [0.717, 1.165) is 22.0 Å². The fourth-order valence-electron chi connectivity index (χ4n) is 3.09. The summed E-state index contributed by atoms with van der Waals surface area (Å²) in [4.78, 5) is 22.4. The molecule has 0 fully saturated rings. The molecule has 1 amide bonds. The first-order valence-electron chi connectivity index (χ1n) is 9.05. The highest BCUT2D eigenvalue weighted by molar-refractivity contribution is 7.11. The van der Waals surface area contributed by atoms with Crippen LogP contribution in [0.25, 0.3) is 11.0 Å². The minimum atomic E-state index is -4.45. The standard InChI is InChI=1S/C20H15ClF3N5OS/c1-10-7-25-15(31-10)9-29-18-16(11(2)28-29)17(21)14(8-26-18)19(30)27-13-5-3-12(4-6-13)20(22,23)24/h3-8H,9H2,1-2H3,(H,27,30). The number of hydrogen-bond donors (Lipinski definition) is 1. The molecule has 1 aromatic carbocycles. The van der Waals surface area contributed by atoms with Gasteiger partial charge in [-0.05, 0) is 38.1 Å². The van der Waals surface area contributed by atoms with Crippen molar-refractivity contribution in [3.05, 3.63) is 68.4 Å². The number of hydrogen-bond acceptors (Lipinski definition) is 5. The minimum absolute atomic E-state index is 0.0989. The molecular weight excluding hydrogens is 451 g/mol. The monoisotopic (exact) mass is 465 g/mol. The van der Waals surface area contributed by atoms with E-state index in [0.29, 0.717) is 23.3 Å². The Kier molecular flexibility index (Phi) is 5.44. The van der Waals surface area contributed by atoms with Crippen LogP contribution in [0.3, 0.4) is 0 Å². The number of anilines is 1. The van der Waals surface area contributed by atoms with Crippen LogP contribution in [-0.4, -0.2) is 25.7 Å². The van der Waals surface area contributed by atoms with Crippen LogP contribution >= 0.6 is 22.9 Å². The highest BCUT2D eigenvalue weighted by Gasteiger charge is 2.30. The van der Waals surface area contributed by atoms with Gasteiger partial charge >= 0.3 is 6.18 Å². The van der Waals surface area contributed by atoms with Crippen molar-refractivity contribution in [3.8, 4) is 0 Å². The van der Waals surface area contributed by atoms with E-state index in [-0.39, 0.29) is 16.3 Å². The number of carbonyl (C=O) groups excluding carboxylic acids is 1. The van der Waals surface area contributed by atoms with Crippen LogP contribution in [0.1, 0.15) is 31.5 Å². The predicted molar refractivity (Wildman–Crippen MR) is 113 cm³/mol. The minimum Gasteiger partial charge on any atom is -0.322 e. The van der Waals surface area contributed by atoms with Crippen LogP contribution in [0.4, 0.5) is 18.9 Å². The number of rotatable bonds is 4. The maximum Gasteiger partial charge on any atom is 0.416 e. The normalized spacial score (nSPS) is 11.8. The van der Waals surface area contributed by atoms with Crippen molar-refractivity contribution >= 4 is 45.6 Å². The number of aryl methyl sites for hydroxylation is 2. The zero-order valence-electron chi connectivity index (χ0n) is 16.3. The van der Waals surface area contributed by atoms with Gasteiger partial charge in [0, 0.05) is 23.0 Å². The Bertz CT molecular complexity index is 1280. The number of carbonyl (C=O) groups is 1. The van der Waals surface area contributed by atoms with Crippen molar-refractivity contribution in [2.24, 2.45) is 0 Å². The first-order chi connectivity index (χ1) is 14.6. The number of halogens is 4. The molecule has 0 unspecified atom stereocenters. The van der Waals surface area contributed by atoms with Crippen LogP contribution in [0, 0.1) is 13.8 Å². The van der Waals surface area contributed by atoms with Crippen LogP contribution in [0.5, 0.6) is 0 Å². The molecule has 3 heterocycles. The molecule has 0 saturated heterocycles. The van der Waals surface area contributed by atoms with E-state index < -0.39 is 17.6 Å². The number of nitrogens with one attached hydrogen (secondary N) is 1. The van der Waals surface area contributed by atoms with E-state index in [1.165, 1.54) is 18.3 Å². The number of pyridine rings is 1. The van der Waals surface area contributed by atoms with E-state index in [4.69, 9.17) is 11.6 Å². The Morgan fingerprint density at radius 1 is 1.16 bits per heavy atom. The van der Waals surface area contributed by atoms with Gasteiger partial charge in [-0.3, -0.25) is 4.79 Å². The number of thiazole rings is 1. The number of fused-ring (bicyclic) bond motifs is 1. The molecule has 6 nitrogen and oxygen atoms in total. The van der Waals surface area contributed by atoms with Gasteiger partial charge in [-0.15, -0.1) is 11.3 Å².